The van der Waals surface area contributed by atoms with Crippen LogP contribution in [0.2, 0.25) is 0 Å². The molecule has 2 heteroatoms. The van der Waals surface area contributed by atoms with Crippen molar-refractivity contribution in [2.45, 2.75) is 52.4 Å². The summed E-state index contributed by atoms with van der Waals surface area (Å²) in [4.78, 5) is 0. The molecule has 0 bridgehead atoms. The van der Waals surface area contributed by atoms with Crippen molar-refractivity contribution in [3.63, 3.8) is 0 Å². The first-order valence-corrected chi connectivity index (χ1v) is 8.27. The van der Waals surface area contributed by atoms with E-state index in [0.29, 0.717) is 5.92 Å². The molecule has 0 amide bonds. The minimum absolute atomic E-state index is 0.505. The Morgan fingerprint density at radius 3 is 2.32 bits per heavy atom. The van der Waals surface area contributed by atoms with Gasteiger partial charge in [0.2, 0.25) is 0 Å². The topological polar surface area (TPSA) is 25.8 Å². The van der Waals surface area contributed by atoms with Gasteiger partial charge in [-0.3, -0.25) is 0 Å². The van der Waals surface area contributed by atoms with Gasteiger partial charge >= 0.3 is 0 Å². The second kappa shape index (κ2) is 7.88. The third-order valence-electron chi connectivity index (χ3n) is 4.12. The molecular formula is C20H26N2. The van der Waals surface area contributed by atoms with Crippen LogP contribution in [0.25, 0.3) is 16.3 Å². The average Bonchev–Trinajstić information content (AvgIpc) is 2.54. The molecule has 2 nitrogen and oxygen atoms in total. The van der Waals surface area contributed by atoms with Crippen molar-refractivity contribution in [1.29, 1.82) is 0 Å². The quantitative estimate of drug-likeness (QED) is 0.594. The molecule has 0 N–H and O–H groups in total. The lowest BCUT2D eigenvalue weighted by molar-refractivity contribution is 0.546. The molecule has 0 aliphatic heterocycles. The highest BCUT2D eigenvalue weighted by molar-refractivity contribution is 5.93. The van der Waals surface area contributed by atoms with Gasteiger partial charge in [-0.2, -0.15) is 5.10 Å². The van der Waals surface area contributed by atoms with Crippen molar-refractivity contribution in [2.24, 2.45) is 0 Å². The van der Waals surface area contributed by atoms with Crippen LogP contribution in [-0.4, -0.2) is 10.2 Å². The van der Waals surface area contributed by atoms with E-state index in [2.05, 4.69) is 61.8 Å². The Kier molecular flexibility index (Phi) is 5.88. The van der Waals surface area contributed by atoms with Gasteiger partial charge in [-0.25, -0.2) is 0 Å². The third kappa shape index (κ3) is 3.44. The normalized spacial score (nSPS) is 12.1. The highest BCUT2D eigenvalue weighted by atomic mass is 15.1. The van der Waals surface area contributed by atoms with Crippen LogP contribution in [-0.2, 0) is 0 Å². The van der Waals surface area contributed by atoms with Gasteiger partial charge in [-0.1, -0.05) is 69.7 Å². The molecule has 1 aromatic carbocycles. The van der Waals surface area contributed by atoms with E-state index in [1.165, 1.54) is 36.5 Å². The zero-order valence-electron chi connectivity index (χ0n) is 14.0. The van der Waals surface area contributed by atoms with E-state index in [-0.39, 0.29) is 0 Å². The maximum atomic E-state index is 4.62. The summed E-state index contributed by atoms with van der Waals surface area (Å²) < 4.78 is 0. The fourth-order valence-corrected chi connectivity index (χ4v) is 3.09. The number of hydrogen-bond acceptors (Lipinski definition) is 2. The van der Waals surface area contributed by atoms with Crippen molar-refractivity contribution in [2.75, 3.05) is 0 Å². The van der Waals surface area contributed by atoms with Crippen molar-refractivity contribution in [3.8, 4) is 0 Å². The summed E-state index contributed by atoms with van der Waals surface area (Å²) in [5.41, 5.74) is 3.23. The van der Waals surface area contributed by atoms with Crippen LogP contribution in [0.1, 0.15) is 63.8 Å². The molecule has 0 unspecified atom stereocenters. The van der Waals surface area contributed by atoms with Crippen molar-refractivity contribution in [3.05, 3.63) is 54.4 Å². The molecule has 1 aromatic heterocycles. The Hall–Kier alpha value is -1.96. The van der Waals surface area contributed by atoms with Gasteiger partial charge in [-0.05, 0) is 25.3 Å². The number of allylic oxidation sites excluding steroid dienone is 3. The molecule has 0 atom stereocenters. The van der Waals surface area contributed by atoms with Gasteiger partial charge in [0.25, 0.3) is 0 Å². The summed E-state index contributed by atoms with van der Waals surface area (Å²) in [7, 11) is 0. The molecule has 0 aliphatic carbocycles. The van der Waals surface area contributed by atoms with Crippen LogP contribution in [0.5, 0.6) is 0 Å². The van der Waals surface area contributed by atoms with Gasteiger partial charge in [0.15, 0.2) is 0 Å². The molecule has 0 saturated carbocycles. The van der Waals surface area contributed by atoms with Gasteiger partial charge in [0.05, 0.1) is 11.4 Å². The van der Waals surface area contributed by atoms with E-state index in [9.17, 15) is 0 Å². The molecular weight excluding hydrogens is 268 g/mol. The first-order valence-electron chi connectivity index (χ1n) is 8.27. The Morgan fingerprint density at radius 2 is 1.73 bits per heavy atom. The lowest BCUT2D eigenvalue weighted by Gasteiger charge is -2.17. The summed E-state index contributed by atoms with van der Waals surface area (Å²) in [6.45, 7) is 10.3. The smallest absolute Gasteiger partial charge is 0.0964 e. The standard InChI is InChI=1S/C20H26N2/c1-5-10-15(4)19-17-13-8-9-14-18(17)20(22-21-19)16(11-6-2)12-7-3/h5,8-10,13-14,16H,1,6-7,11-12H2,2-4H3/b15-10+. The minimum Gasteiger partial charge on any atom is -0.154 e. The molecule has 0 aliphatic rings. The second-order valence-electron chi connectivity index (χ2n) is 5.84. The maximum absolute atomic E-state index is 4.62. The summed E-state index contributed by atoms with van der Waals surface area (Å²) in [6, 6.07) is 8.51. The maximum Gasteiger partial charge on any atom is 0.0964 e. The largest absolute Gasteiger partial charge is 0.154 e. The van der Waals surface area contributed by atoms with E-state index in [4.69, 9.17) is 0 Å². The van der Waals surface area contributed by atoms with Crippen molar-refractivity contribution in [1.82, 2.24) is 10.2 Å². The number of nitrogens with zero attached hydrogens (tertiary/aromatic N) is 2. The van der Waals surface area contributed by atoms with Crippen molar-refractivity contribution < 1.29 is 0 Å². The monoisotopic (exact) mass is 294 g/mol. The summed E-state index contributed by atoms with van der Waals surface area (Å²) in [6.07, 6.45) is 8.50. The Bertz CT molecular complexity index is 664. The summed E-state index contributed by atoms with van der Waals surface area (Å²) >= 11 is 0. The highest BCUT2D eigenvalue weighted by Crippen LogP contribution is 2.32. The Balaban J connectivity index is 2.61. The van der Waals surface area contributed by atoms with Crippen LogP contribution in [0.4, 0.5) is 0 Å². The molecule has 2 rings (SSSR count). The van der Waals surface area contributed by atoms with Gasteiger partial charge < -0.3 is 0 Å². The van der Waals surface area contributed by atoms with Crippen LogP contribution in [0, 0.1) is 0 Å². The number of hydrogen-bond donors (Lipinski definition) is 0. The van der Waals surface area contributed by atoms with E-state index in [1.54, 1.807) is 6.08 Å². The van der Waals surface area contributed by atoms with Crippen LogP contribution in [0.3, 0.4) is 0 Å². The predicted octanol–water partition coefficient (Wildman–Crippen LogP) is 5.90. The molecule has 116 valence electrons. The molecule has 22 heavy (non-hydrogen) atoms. The Morgan fingerprint density at radius 1 is 1.09 bits per heavy atom. The first-order chi connectivity index (χ1) is 10.7. The van der Waals surface area contributed by atoms with E-state index in [0.717, 1.165) is 17.0 Å². The lowest BCUT2D eigenvalue weighted by Crippen LogP contribution is -2.06. The van der Waals surface area contributed by atoms with Gasteiger partial charge in [0.1, 0.15) is 0 Å². The molecule has 0 saturated heterocycles. The first kappa shape index (κ1) is 16.4. The average molecular weight is 294 g/mol. The van der Waals surface area contributed by atoms with Crippen LogP contribution >= 0.6 is 0 Å². The van der Waals surface area contributed by atoms with E-state index < -0.39 is 0 Å². The number of fused-ring (bicyclic) bond motifs is 1. The van der Waals surface area contributed by atoms with Gasteiger partial charge in [0, 0.05) is 16.7 Å². The summed E-state index contributed by atoms with van der Waals surface area (Å²) in [5, 5.41) is 11.6. The minimum atomic E-state index is 0.505. The zero-order valence-corrected chi connectivity index (χ0v) is 14.0. The van der Waals surface area contributed by atoms with Crippen LogP contribution < -0.4 is 0 Å². The van der Waals surface area contributed by atoms with E-state index in [1.807, 2.05) is 6.08 Å². The molecule has 1 heterocycles. The molecule has 0 fully saturated rings. The second-order valence-corrected chi connectivity index (χ2v) is 5.84. The Labute approximate surface area is 134 Å². The molecule has 2 aromatic rings. The predicted molar refractivity (Wildman–Crippen MR) is 95.9 cm³/mol. The zero-order chi connectivity index (χ0) is 15.9. The van der Waals surface area contributed by atoms with Gasteiger partial charge in [-0.15, -0.1) is 5.10 Å². The fourth-order valence-electron chi connectivity index (χ4n) is 3.09. The van der Waals surface area contributed by atoms with Crippen molar-refractivity contribution >= 4 is 16.3 Å². The number of aromatic nitrogens is 2. The van der Waals surface area contributed by atoms with E-state index >= 15 is 0 Å². The molecule has 0 radical (unpaired) electrons. The lowest BCUT2D eigenvalue weighted by atomic mass is 9.91. The SMILES string of the molecule is C=C/C=C(\C)c1nnc(C(CCC)CCC)c2ccccc12. The molecule has 0 spiro atoms. The number of benzene rings is 1. The number of rotatable bonds is 7. The third-order valence-corrected chi connectivity index (χ3v) is 4.12. The van der Waals surface area contributed by atoms with Crippen LogP contribution in [0.15, 0.2) is 43.0 Å². The highest BCUT2D eigenvalue weighted by Gasteiger charge is 2.17. The fraction of sp³-hybridized carbons (Fsp3) is 0.400. The summed E-state index contributed by atoms with van der Waals surface area (Å²) in [5.74, 6) is 0.505.